The number of hydrogen-bond donors (Lipinski definition) is 1. The van der Waals surface area contributed by atoms with Gasteiger partial charge in [0.1, 0.15) is 0 Å². The van der Waals surface area contributed by atoms with Crippen LogP contribution < -0.4 is 5.73 Å². The lowest BCUT2D eigenvalue weighted by atomic mass is 10.0. The molecule has 2 aromatic rings. The third-order valence-corrected chi connectivity index (χ3v) is 2.94. The van der Waals surface area contributed by atoms with Crippen molar-refractivity contribution in [1.82, 2.24) is 0 Å². The Hall–Kier alpha value is -1.31. The molecule has 2 N–H and O–H groups in total. The second kappa shape index (κ2) is 5.15. The summed E-state index contributed by atoms with van der Waals surface area (Å²) in [6.45, 7) is 0. The molecule has 0 aromatic heterocycles. The Morgan fingerprint density at radius 2 is 1.44 bits per heavy atom. The minimum atomic E-state index is -0.0773. The Morgan fingerprint density at radius 3 is 2.00 bits per heavy atom. The molecule has 0 aliphatic rings. The first-order valence-corrected chi connectivity index (χ1v) is 5.81. The molecule has 1 unspecified atom stereocenters. The highest BCUT2D eigenvalue weighted by Gasteiger charge is 2.04. The van der Waals surface area contributed by atoms with Crippen molar-refractivity contribution in [2.45, 2.75) is 6.04 Å². The summed E-state index contributed by atoms with van der Waals surface area (Å²) in [5, 5.41) is 0. The van der Waals surface area contributed by atoms with E-state index < -0.39 is 0 Å². The maximum absolute atomic E-state index is 5.85. The van der Waals surface area contributed by atoms with E-state index in [1.54, 1.807) is 0 Å². The lowest BCUT2D eigenvalue weighted by Gasteiger charge is -2.09. The fourth-order valence-electron chi connectivity index (χ4n) is 1.64. The highest BCUT2D eigenvalue weighted by atomic mass is 35.5. The monoisotopic (exact) mass is 231 g/mol. The van der Waals surface area contributed by atoms with Gasteiger partial charge in [0, 0.05) is 11.9 Å². The van der Waals surface area contributed by atoms with Crippen LogP contribution in [0.3, 0.4) is 0 Å². The molecule has 0 saturated carbocycles. The summed E-state index contributed by atoms with van der Waals surface area (Å²) < 4.78 is 0. The molecule has 1 atom stereocenters. The number of rotatable bonds is 3. The lowest BCUT2D eigenvalue weighted by molar-refractivity contribution is 0.827. The maximum Gasteiger partial charge on any atom is 0.0432 e. The normalized spacial score (nSPS) is 12.4. The summed E-state index contributed by atoms with van der Waals surface area (Å²) in [4.78, 5) is 0. The van der Waals surface area contributed by atoms with Crippen LogP contribution in [0.5, 0.6) is 0 Å². The molecular weight excluding hydrogens is 218 g/mol. The number of alkyl halides is 1. The largest absolute Gasteiger partial charge is 0.323 e. The second-order valence-electron chi connectivity index (χ2n) is 3.75. The molecule has 16 heavy (non-hydrogen) atoms. The van der Waals surface area contributed by atoms with E-state index in [2.05, 4.69) is 24.3 Å². The first kappa shape index (κ1) is 11.2. The molecule has 1 nitrogen and oxygen atoms in total. The second-order valence-corrected chi connectivity index (χ2v) is 4.06. The van der Waals surface area contributed by atoms with Crippen LogP contribution >= 0.6 is 11.6 Å². The van der Waals surface area contributed by atoms with E-state index >= 15 is 0 Å². The van der Waals surface area contributed by atoms with Crippen LogP contribution in [0.2, 0.25) is 0 Å². The zero-order valence-electron chi connectivity index (χ0n) is 8.94. The minimum Gasteiger partial charge on any atom is -0.323 e. The maximum atomic E-state index is 5.85. The van der Waals surface area contributed by atoms with Crippen LogP contribution in [0.4, 0.5) is 0 Å². The Labute approximate surface area is 101 Å². The van der Waals surface area contributed by atoms with E-state index in [1.807, 2.05) is 30.3 Å². The van der Waals surface area contributed by atoms with Gasteiger partial charge in [-0.25, -0.2) is 0 Å². The summed E-state index contributed by atoms with van der Waals surface area (Å²) in [5.41, 5.74) is 9.35. The quantitative estimate of drug-likeness (QED) is 0.803. The van der Waals surface area contributed by atoms with Crippen molar-refractivity contribution in [2.24, 2.45) is 5.73 Å². The highest BCUT2D eigenvalue weighted by Crippen LogP contribution is 2.21. The van der Waals surface area contributed by atoms with Crippen molar-refractivity contribution in [2.75, 3.05) is 5.88 Å². The molecule has 0 heterocycles. The van der Waals surface area contributed by atoms with Crippen LogP contribution in [0, 0.1) is 0 Å². The summed E-state index contributed by atoms with van der Waals surface area (Å²) in [7, 11) is 0. The fraction of sp³-hybridized carbons (Fsp3) is 0.143. The molecule has 0 bridgehead atoms. The van der Waals surface area contributed by atoms with E-state index in [-0.39, 0.29) is 6.04 Å². The molecule has 0 fully saturated rings. The van der Waals surface area contributed by atoms with Crippen LogP contribution in [0.1, 0.15) is 11.6 Å². The molecule has 0 saturated heterocycles. The van der Waals surface area contributed by atoms with Crippen LogP contribution in [0.15, 0.2) is 54.6 Å². The zero-order chi connectivity index (χ0) is 11.4. The highest BCUT2D eigenvalue weighted by molar-refractivity contribution is 6.18. The Balaban J connectivity index is 2.26. The topological polar surface area (TPSA) is 26.0 Å². The van der Waals surface area contributed by atoms with Gasteiger partial charge >= 0.3 is 0 Å². The van der Waals surface area contributed by atoms with Crippen LogP contribution in [0.25, 0.3) is 11.1 Å². The Morgan fingerprint density at radius 1 is 0.875 bits per heavy atom. The van der Waals surface area contributed by atoms with Crippen molar-refractivity contribution < 1.29 is 0 Å². The molecule has 82 valence electrons. The molecule has 0 spiro atoms. The van der Waals surface area contributed by atoms with Gasteiger partial charge in [0.05, 0.1) is 0 Å². The first-order valence-electron chi connectivity index (χ1n) is 5.28. The van der Waals surface area contributed by atoms with Crippen molar-refractivity contribution in [3.8, 4) is 11.1 Å². The van der Waals surface area contributed by atoms with E-state index in [0.29, 0.717) is 5.88 Å². The molecule has 2 heteroatoms. The van der Waals surface area contributed by atoms with Crippen LogP contribution in [-0.4, -0.2) is 5.88 Å². The zero-order valence-corrected chi connectivity index (χ0v) is 9.69. The van der Waals surface area contributed by atoms with Gasteiger partial charge in [-0.1, -0.05) is 54.6 Å². The summed E-state index contributed by atoms with van der Waals surface area (Å²) in [6.07, 6.45) is 0. The van der Waals surface area contributed by atoms with E-state index in [0.717, 1.165) is 5.56 Å². The number of halogens is 1. The van der Waals surface area contributed by atoms with Gasteiger partial charge < -0.3 is 5.73 Å². The van der Waals surface area contributed by atoms with Crippen molar-refractivity contribution in [3.63, 3.8) is 0 Å². The minimum absolute atomic E-state index is 0.0773. The first-order chi connectivity index (χ1) is 7.81. The number of benzene rings is 2. The summed E-state index contributed by atoms with van der Waals surface area (Å²) >= 11 is 5.72. The van der Waals surface area contributed by atoms with E-state index in [4.69, 9.17) is 17.3 Å². The molecule has 0 aliphatic carbocycles. The van der Waals surface area contributed by atoms with Crippen molar-refractivity contribution in [1.29, 1.82) is 0 Å². The summed E-state index contributed by atoms with van der Waals surface area (Å²) in [6, 6.07) is 18.4. The average Bonchev–Trinajstić information content (AvgIpc) is 2.39. The third kappa shape index (κ3) is 2.43. The number of hydrogen-bond acceptors (Lipinski definition) is 1. The number of nitrogens with two attached hydrogens (primary N) is 1. The molecular formula is C14H14ClN. The van der Waals surface area contributed by atoms with Crippen LogP contribution in [-0.2, 0) is 0 Å². The fourth-order valence-corrected chi connectivity index (χ4v) is 1.82. The van der Waals surface area contributed by atoms with Gasteiger partial charge in [0.2, 0.25) is 0 Å². The SMILES string of the molecule is NC(CCl)c1ccc(-c2ccccc2)cc1. The van der Waals surface area contributed by atoms with Gasteiger partial charge in [-0.15, -0.1) is 11.6 Å². The Bertz CT molecular complexity index is 436. The third-order valence-electron chi connectivity index (χ3n) is 2.61. The summed E-state index contributed by atoms with van der Waals surface area (Å²) in [5.74, 6) is 0.449. The smallest absolute Gasteiger partial charge is 0.0432 e. The van der Waals surface area contributed by atoms with Crippen molar-refractivity contribution in [3.05, 3.63) is 60.2 Å². The predicted octanol–water partition coefficient (Wildman–Crippen LogP) is 3.59. The molecule has 2 aromatic carbocycles. The molecule has 0 aliphatic heterocycles. The predicted molar refractivity (Wildman–Crippen MR) is 69.5 cm³/mol. The van der Waals surface area contributed by atoms with Gasteiger partial charge in [0.25, 0.3) is 0 Å². The standard InChI is InChI=1S/C14H14ClN/c15-10-14(16)13-8-6-12(7-9-13)11-4-2-1-3-5-11/h1-9,14H,10,16H2. The van der Waals surface area contributed by atoms with Gasteiger partial charge in [-0.05, 0) is 16.7 Å². The van der Waals surface area contributed by atoms with Gasteiger partial charge in [0.15, 0.2) is 0 Å². The average molecular weight is 232 g/mol. The van der Waals surface area contributed by atoms with E-state index in [1.165, 1.54) is 11.1 Å². The lowest BCUT2D eigenvalue weighted by Crippen LogP contribution is -2.11. The van der Waals surface area contributed by atoms with Crippen molar-refractivity contribution >= 4 is 11.6 Å². The Kier molecular flexibility index (Phi) is 3.60. The molecule has 0 amide bonds. The van der Waals surface area contributed by atoms with Gasteiger partial charge in [-0.2, -0.15) is 0 Å². The molecule has 0 radical (unpaired) electrons. The van der Waals surface area contributed by atoms with E-state index in [9.17, 15) is 0 Å². The van der Waals surface area contributed by atoms with Gasteiger partial charge in [-0.3, -0.25) is 0 Å². The molecule has 2 rings (SSSR count).